The number of rotatable bonds is 3. The summed E-state index contributed by atoms with van der Waals surface area (Å²) in [6.45, 7) is 0. The molecule has 1 aromatic carbocycles. The van der Waals surface area contributed by atoms with Crippen molar-refractivity contribution in [2.75, 3.05) is 10.7 Å². The average Bonchev–Trinajstić information content (AvgIpc) is 2.41. The van der Waals surface area contributed by atoms with E-state index >= 15 is 0 Å². The minimum atomic E-state index is -0.360. The molecule has 5 nitrogen and oxygen atoms in total. The van der Waals surface area contributed by atoms with E-state index in [1.807, 2.05) is 0 Å². The maximum absolute atomic E-state index is 12.7. The molecule has 2 rings (SSSR count). The predicted molar refractivity (Wildman–Crippen MR) is 66.4 cm³/mol. The molecular weight excluding hydrogens is 235 g/mol. The summed E-state index contributed by atoms with van der Waals surface area (Å²) in [4.78, 5) is 15.8. The first-order chi connectivity index (χ1) is 8.70. The van der Waals surface area contributed by atoms with E-state index in [0.717, 1.165) is 0 Å². The first-order valence-electron chi connectivity index (χ1n) is 5.18. The molecule has 2 aromatic rings. The molecule has 0 bridgehead atoms. The average molecular weight is 246 g/mol. The first-order valence-corrected chi connectivity index (χ1v) is 5.18. The second-order valence-corrected chi connectivity index (χ2v) is 3.53. The van der Waals surface area contributed by atoms with Crippen molar-refractivity contribution >= 4 is 17.3 Å². The van der Waals surface area contributed by atoms with E-state index in [-0.39, 0.29) is 11.7 Å². The lowest BCUT2D eigenvalue weighted by molar-refractivity contribution is 0.102. The molecule has 0 fully saturated rings. The lowest BCUT2D eigenvalue weighted by Crippen LogP contribution is -2.17. The minimum absolute atomic E-state index is 0.350. The molecule has 1 heterocycles. The number of benzene rings is 1. The number of nitrogens with two attached hydrogens (primary N) is 1. The van der Waals surface area contributed by atoms with Gasteiger partial charge in [0.15, 0.2) is 0 Å². The molecule has 0 atom stereocenters. The highest BCUT2D eigenvalue weighted by atomic mass is 19.1. The molecule has 92 valence electrons. The quantitative estimate of drug-likeness (QED) is 0.569. The number of hydrogen-bond acceptors (Lipinski definition) is 4. The van der Waals surface area contributed by atoms with Crippen LogP contribution in [0.4, 0.5) is 15.8 Å². The van der Waals surface area contributed by atoms with Crippen LogP contribution in [0.3, 0.4) is 0 Å². The van der Waals surface area contributed by atoms with E-state index in [1.54, 1.807) is 0 Å². The molecular formula is C12H11FN4O. The number of anilines is 2. The summed E-state index contributed by atoms with van der Waals surface area (Å²) in [6, 6.07) is 7.02. The van der Waals surface area contributed by atoms with Gasteiger partial charge in [-0.1, -0.05) is 0 Å². The second kappa shape index (κ2) is 5.24. The number of carbonyl (C=O) groups is 1. The summed E-state index contributed by atoms with van der Waals surface area (Å²) in [6.07, 6.45) is 2.93. The second-order valence-electron chi connectivity index (χ2n) is 3.53. The van der Waals surface area contributed by atoms with Crippen molar-refractivity contribution in [3.63, 3.8) is 0 Å². The van der Waals surface area contributed by atoms with Gasteiger partial charge in [-0.2, -0.15) is 0 Å². The van der Waals surface area contributed by atoms with Gasteiger partial charge in [0.05, 0.1) is 17.4 Å². The van der Waals surface area contributed by atoms with Crippen molar-refractivity contribution in [2.45, 2.75) is 0 Å². The Bertz CT molecular complexity index is 556. The van der Waals surface area contributed by atoms with Gasteiger partial charge in [-0.25, -0.2) is 4.39 Å². The van der Waals surface area contributed by atoms with Gasteiger partial charge in [0.25, 0.3) is 5.91 Å². The highest BCUT2D eigenvalue weighted by Gasteiger charge is 2.10. The van der Waals surface area contributed by atoms with E-state index in [0.29, 0.717) is 16.9 Å². The van der Waals surface area contributed by atoms with Crippen molar-refractivity contribution in [2.24, 2.45) is 5.84 Å². The van der Waals surface area contributed by atoms with Gasteiger partial charge in [-0.05, 0) is 30.3 Å². The van der Waals surface area contributed by atoms with Crippen LogP contribution in [-0.2, 0) is 0 Å². The fourth-order valence-corrected chi connectivity index (χ4v) is 1.44. The Kier molecular flexibility index (Phi) is 3.49. The van der Waals surface area contributed by atoms with E-state index in [2.05, 4.69) is 15.7 Å². The number of hydrogen-bond donors (Lipinski definition) is 3. The van der Waals surface area contributed by atoms with Gasteiger partial charge in [-0.3, -0.25) is 15.6 Å². The van der Waals surface area contributed by atoms with Crippen molar-refractivity contribution < 1.29 is 9.18 Å². The summed E-state index contributed by atoms with van der Waals surface area (Å²) in [7, 11) is 0. The maximum atomic E-state index is 12.7. The Morgan fingerprint density at radius 3 is 2.61 bits per heavy atom. The number of nitrogen functional groups attached to an aromatic ring is 1. The molecule has 0 saturated carbocycles. The molecule has 0 aliphatic rings. The third kappa shape index (κ3) is 2.61. The number of amides is 1. The number of nitrogens with zero attached hydrogens (tertiary/aromatic N) is 1. The summed E-state index contributed by atoms with van der Waals surface area (Å²) in [5, 5.41) is 2.63. The van der Waals surface area contributed by atoms with Gasteiger partial charge in [0, 0.05) is 11.9 Å². The van der Waals surface area contributed by atoms with Crippen molar-refractivity contribution in [3.8, 4) is 0 Å². The number of carbonyl (C=O) groups excluding carboxylic acids is 1. The van der Waals surface area contributed by atoms with E-state index < -0.39 is 0 Å². The number of aromatic nitrogens is 1. The van der Waals surface area contributed by atoms with Crippen LogP contribution in [0.2, 0.25) is 0 Å². The van der Waals surface area contributed by atoms with Crippen molar-refractivity contribution in [3.05, 3.63) is 54.1 Å². The number of hydrazine groups is 1. The fraction of sp³-hybridized carbons (Fsp3) is 0. The zero-order valence-electron chi connectivity index (χ0n) is 9.35. The molecule has 4 N–H and O–H groups in total. The lowest BCUT2D eigenvalue weighted by atomic mass is 10.2. The van der Waals surface area contributed by atoms with Crippen LogP contribution in [0.1, 0.15) is 10.4 Å². The van der Waals surface area contributed by atoms with Gasteiger partial charge in [-0.15, -0.1) is 0 Å². The summed E-state index contributed by atoms with van der Waals surface area (Å²) >= 11 is 0. The predicted octanol–water partition coefficient (Wildman–Crippen LogP) is 1.76. The zero-order valence-corrected chi connectivity index (χ0v) is 9.35. The van der Waals surface area contributed by atoms with E-state index in [4.69, 9.17) is 5.84 Å². The molecule has 0 spiro atoms. The number of nitrogens with one attached hydrogen (secondary N) is 2. The van der Waals surface area contributed by atoms with Crippen LogP contribution in [0, 0.1) is 5.82 Å². The van der Waals surface area contributed by atoms with Crippen LogP contribution in [0.15, 0.2) is 42.7 Å². The fourth-order valence-electron chi connectivity index (χ4n) is 1.44. The van der Waals surface area contributed by atoms with E-state index in [1.165, 1.54) is 42.7 Å². The molecule has 1 aromatic heterocycles. The van der Waals surface area contributed by atoms with Crippen molar-refractivity contribution in [1.29, 1.82) is 0 Å². The minimum Gasteiger partial charge on any atom is -0.322 e. The van der Waals surface area contributed by atoms with Gasteiger partial charge in [0.1, 0.15) is 5.82 Å². The standard InChI is InChI=1S/C12H11FN4O/c13-8-1-3-9(4-2-8)16-12(18)10-5-6-15-7-11(10)17-14/h1-7,17H,14H2,(H,16,18). The zero-order chi connectivity index (χ0) is 13.0. The summed E-state index contributed by atoms with van der Waals surface area (Å²) < 4.78 is 12.7. The highest BCUT2D eigenvalue weighted by molar-refractivity contribution is 6.07. The molecule has 0 radical (unpaired) electrons. The first kappa shape index (κ1) is 12.0. The van der Waals surface area contributed by atoms with Crippen LogP contribution < -0.4 is 16.6 Å². The van der Waals surface area contributed by atoms with Crippen LogP contribution in [0.25, 0.3) is 0 Å². The summed E-state index contributed by atoms with van der Waals surface area (Å²) in [5.74, 6) is 4.57. The van der Waals surface area contributed by atoms with Gasteiger partial charge < -0.3 is 10.7 Å². The number of halogens is 1. The smallest absolute Gasteiger partial charge is 0.257 e. The Balaban J connectivity index is 2.19. The van der Waals surface area contributed by atoms with Crippen LogP contribution in [0.5, 0.6) is 0 Å². The van der Waals surface area contributed by atoms with Gasteiger partial charge >= 0.3 is 0 Å². The SMILES string of the molecule is NNc1cnccc1C(=O)Nc1ccc(F)cc1. The van der Waals surface area contributed by atoms with Gasteiger partial charge in [0.2, 0.25) is 0 Å². The largest absolute Gasteiger partial charge is 0.322 e. The topological polar surface area (TPSA) is 80.0 Å². The molecule has 18 heavy (non-hydrogen) atoms. The number of pyridine rings is 1. The molecule has 1 amide bonds. The maximum Gasteiger partial charge on any atom is 0.257 e. The summed E-state index contributed by atoms with van der Waals surface area (Å²) in [5.41, 5.74) is 3.66. The van der Waals surface area contributed by atoms with Crippen molar-refractivity contribution in [1.82, 2.24) is 4.98 Å². The molecule has 0 aliphatic heterocycles. The molecule has 0 aliphatic carbocycles. The molecule has 0 saturated heterocycles. The van der Waals surface area contributed by atoms with Crippen LogP contribution in [-0.4, -0.2) is 10.9 Å². The monoisotopic (exact) mass is 246 g/mol. The highest BCUT2D eigenvalue weighted by Crippen LogP contribution is 2.15. The Hall–Kier alpha value is -2.47. The Morgan fingerprint density at radius 2 is 1.94 bits per heavy atom. The Labute approximate surface area is 103 Å². The third-order valence-corrected chi connectivity index (χ3v) is 2.32. The van der Waals surface area contributed by atoms with E-state index in [9.17, 15) is 9.18 Å². The van der Waals surface area contributed by atoms with Crippen LogP contribution >= 0.6 is 0 Å². The lowest BCUT2D eigenvalue weighted by Gasteiger charge is -2.08. The third-order valence-electron chi connectivity index (χ3n) is 2.32. The molecule has 0 unspecified atom stereocenters. The molecule has 6 heteroatoms. The normalized spacial score (nSPS) is 9.89. The Morgan fingerprint density at radius 1 is 1.22 bits per heavy atom.